The highest BCUT2D eigenvalue weighted by Gasteiger charge is 2.15. The largest absolute Gasteiger partial charge is 0.344 e. The van der Waals surface area contributed by atoms with Crippen LogP contribution in [0.15, 0.2) is 59.1 Å². The fraction of sp³-hybridized carbons (Fsp3) is 0.167. The second kappa shape index (κ2) is 9.16. The minimum absolute atomic E-state index is 0.275. The molecule has 0 aromatic heterocycles. The molecule has 0 saturated carbocycles. The summed E-state index contributed by atoms with van der Waals surface area (Å²) in [6.07, 6.45) is 0.331. The van der Waals surface area contributed by atoms with Crippen LogP contribution in [0, 0.1) is 11.3 Å². The lowest BCUT2D eigenvalue weighted by molar-refractivity contribution is 0.0972. The van der Waals surface area contributed by atoms with E-state index < -0.39 is 0 Å². The van der Waals surface area contributed by atoms with Crippen LogP contribution in [0.5, 0.6) is 0 Å². The van der Waals surface area contributed by atoms with Gasteiger partial charge in [0.25, 0.3) is 5.91 Å². The molecule has 2 rings (SSSR count). The van der Waals surface area contributed by atoms with E-state index in [2.05, 4.69) is 27.3 Å². The highest BCUT2D eigenvalue weighted by atomic mass is 79.9. The first kappa shape index (κ1) is 18.1. The number of rotatable bonds is 5. The number of nitriles is 1. The van der Waals surface area contributed by atoms with Crippen molar-refractivity contribution in [2.24, 2.45) is 0 Å². The number of benzene rings is 2. The number of amides is 1. The summed E-state index contributed by atoms with van der Waals surface area (Å²) >= 11 is 8.74. The van der Waals surface area contributed by atoms with Gasteiger partial charge in [0.2, 0.25) is 0 Å². The predicted molar refractivity (Wildman–Crippen MR) is 101 cm³/mol. The number of hydrogen-bond donors (Lipinski definition) is 1. The second-order valence-corrected chi connectivity index (χ2v) is 6.30. The lowest BCUT2D eigenvalue weighted by Gasteiger charge is -2.24. The fourth-order valence-corrected chi connectivity index (χ4v) is 2.84. The number of nitrogens with one attached hydrogen (secondary N) is 1. The van der Waals surface area contributed by atoms with Gasteiger partial charge in [-0.1, -0.05) is 42.5 Å². The summed E-state index contributed by atoms with van der Waals surface area (Å²) < 4.78 is 0.705. The average molecular weight is 402 g/mol. The molecule has 0 heterocycles. The van der Waals surface area contributed by atoms with Gasteiger partial charge in [-0.25, -0.2) is 0 Å². The Balaban J connectivity index is 2.08. The van der Waals surface area contributed by atoms with Crippen LogP contribution in [-0.2, 0) is 6.54 Å². The third-order valence-corrected chi connectivity index (χ3v) is 4.39. The molecule has 0 unspecified atom stereocenters. The Morgan fingerprint density at radius 2 is 1.83 bits per heavy atom. The third kappa shape index (κ3) is 5.15. The maximum atomic E-state index is 12.4. The molecule has 0 atom stereocenters. The molecule has 1 amide bonds. The van der Waals surface area contributed by atoms with Crippen molar-refractivity contribution in [1.82, 2.24) is 10.2 Å². The third-order valence-electron chi connectivity index (χ3n) is 3.34. The molecular formula is C18H16BrN3OS. The normalized spacial score (nSPS) is 9.83. The van der Waals surface area contributed by atoms with Gasteiger partial charge in [-0.05, 0) is 45.8 Å². The fourth-order valence-electron chi connectivity index (χ4n) is 2.13. The Kier molecular flexibility index (Phi) is 6.91. The van der Waals surface area contributed by atoms with Gasteiger partial charge in [-0.2, -0.15) is 5.26 Å². The standard InChI is InChI=1S/C18H16BrN3OS/c19-16-10-5-4-9-15(16)17(23)21-18(24)22(12-6-11-20)13-14-7-2-1-3-8-14/h1-5,7-10H,6,12-13H2,(H,21,23,24). The maximum absolute atomic E-state index is 12.4. The van der Waals surface area contributed by atoms with Crippen molar-refractivity contribution in [1.29, 1.82) is 5.26 Å². The Hall–Kier alpha value is -2.23. The molecule has 0 spiro atoms. The molecule has 122 valence electrons. The van der Waals surface area contributed by atoms with E-state index in [9.17, 15) is 4.79 Å². The summed E-state index contributed by atoms with van der Waals surface area (Å²) in [4.78, 5) is 14.2. The zero-order valence-electron chi connectivity index (χ0n) is 12.9. The highest BCUT2D eigenvalue weighted by molar-refractivity contribution is 9.10. The van der Waals surface area contributed by atoms with Crippen LogP contribution >= 0.6 is 28.1 Å². The van der Waals surface area contributed by atoms with Crippen LogP contribution in [0.4, 0.5) is 0 Å². The van der Waals surface area contributed by atoms with E-state index in [4.69, 9.17) is 17.5 Å². The number of carbonyl (C=O) groups excluding carboxylic acids is 1. The van der Waals surface area contributed by atoms with Crippen LogP contribution < -0.4 is 5.32 Å². The van der Waals surface area contributed by atoms with E-state index in [1.54, 1.807) is 18.2 Å². The van der Waals surface area contributed by atoms with Crippen LogP contribution in [0.25, 0.3) is 0 Å². The Morgan fingerprint density at radius 3 is 2.50 bits per heavy atom. The Morgan fingerprint density at radius 1 is 1.17 bits per heavy atom. The van der Waals surface area contributed by atoms with Crippen molar-refractivity contribution in [3.05, 3.63) is 70.2 Å². The monoisotopic (exact) mass is 401 g/mol. The molecule has 0 fully saturated rings. The van der Waals surface area contributed by atoms with E-state index in [-0.39, 0.29) is 5.91 Å². The molecule has 2 aromatic carbocycles. The summed E-state index contributed by atoms with van der Waals surface area (Å²) in [6, 6.07) is 19.1. The predicted octanol–water partition coefficient (Wildman–Crippen LogP) is 3.88. The van der Waals surface area contributed by atoms with Gasteiger partial charge in [-0.15, -0.1) is 0 Å². The molecule has 0 bridgehead atoms. The number of thiocarbonyl (C=S) groups is 1. The van der Waals surface area contributed by atoms with Crippen LogP contribution in [0.2, 0.25) is 0 Å². The summed E-state index contributed by atoms with van der Waals surface area (Å²) in [5, 5.41) is 11.9. The van der Waals surface area contributed by atoms with E-state index >= 15 is 0 Å². The minimum Gasteiger partial charge on any atom is -0.344 e. The SMILES string of the molecule is N#CCCN(Cc1ccccc1)C(=S)NC(=O)c1ccccc1Br. The van der Waals surface area contributed by atoms with Gasteiger partial charge >= 0.3 is 0 Å². The van der Waals surface area contributed by atoms with Crippen LogP contribution in [0.3, 0.4) is 0 Å². The molecule has 0 aliphatic heterocycles. The van der Waals surface area contributed by atoms with Gasteiger partial charge in [0.1, 0.15) is 0 Å². The summed E-state index contributed by atoms with van der Waals surface area (Å²) in [6.45, 7) is 0.998. The number of nitrogens with zero attached hydrogens (tertiary/aromatic N) is 2. The average Bonchev–Trinajstić information content (AvgIpc) is 2.59. The summed E-state index contributed by atoms with van der Waals surface area (Å²) in [7, 11) is 0. The van der Waals surface area contributed by atoms with E-state index in [0.29, 0.717) is 34.7 Å². The maximum Gasteiger partial charge on any atom is 0.258 e. The molecular weight excluding hydrogens is 386 g/mol. The molecule has 0 saturated heterocycles. The number of carbonyl (C=O) groups is 1. The first-order valence-corrected chi connectivity index (χ1v) is 8.57. The van der Waals surface area contributed by atoms with Crippen LogP contribution in [0.1, 0.15) is 22.3 Å². The van der Waals surface area contributed by atoms with E-state index in [1.165, 1.54) is 0 Å². The molecule has 24 heavy (non-hydrogen) atoms. The molecule has 4 nitrogen and oxygen atoms in total. The Labute approximate surface area is 155 Å². The smallest absolute Gasteiger partial charge is 0.258 e. The molecule has 2 aromatic rings. The van der Waals surface area contributed by atoms with Gasteiger partial charge in [-0.3, -0.25) is 10.1 Å². The minimum atomic E-state index is -0.275. The number of hydrogen-bond acceptors (Lipinski definition) is 3. The van der Waals surface area contributed by atoms with Gasteiger partial charge in [0, 0.05) is 17.6 Å². The van der Waals surface area contributed by atoms with E-state index in [1.807, 2.05) is 41.3 Å². The first-order chi connectivity index (χ1) is 11.6. The van der Waals surface area contributed by atoms with Gasteiger partial charge in [0.15, 0.2) is 5.11 Å². The van der Waals surface area contributed by atoms with Crippen molar-refractivity contribution < 1.29 is 4.79 Å². The molecule has 0 aliphatic carbocycles. The topological polar surface area (TPSA) is 56.1 Å². The molecule has 1 N–H and O–H groups in total. The van der Waals surface area contributed by atoms with Crippen molar-refractivity contribution in [3.8, 4) is 6.07 Å². The lowest BCUT2D eigenvalue weighted by atomic mass is 10.2. The highest BCUT2D eigenvalue weighted by Crippen LogP contribution is 2.15. The van der Waals surface area contributed by atoms with Crippen molar-refractivity contribution in [3.63, 3.8) is 0 Å². The second-order valence-electron chi connectivity index (χ2n) is 5.05. The lowest BCUT2D eigenvalue weighted by Crippen LogP contribution is -2.42. The Bertz CT molecular complexity index is 758. The van der Waals surface area contributed by atoms with Crippen LogP contribution in [-0.4, -0.2) is 22.5 Å². The van der Waals surface area contributed by atoms with E-state index in [0.717, 1.165) is 5.56 Å². The zero-order valence-corrected chi connectivity index (χ0v) is 15.3. The van der Waals surface area contributed by atoms with Crippen molar-refractivity contribution in [2.75, 3.05) is 6.54 Å². The number of halogens is 1. The zero-order chi connectivity index (χ0) is 17.4. The molecule has 6 heteroatoms. The molecule has 0 aliphatic rings. The van der Waals surface area contributed by atoms with Crippen molar-refractivity contribution >= 4 is 39.2 Å². The van der Waals surface area contributed by atoms with Crippen molar-refractivity contribution in [2.45, 2.75) is 13.0 Å². The van der Waals surface area contributed by atoms with Gasteiger partial charge < -0.3 is 4.90 Å². The quantitative estimate of drug-likeness (QED) is 0.772. The van der Waals surface area contributed by atoms with Gasteiger partial charge in [0.05, 0.1) is 18.1 Å². The molecule has 0 radical (unpaired) electrons. The summed E-state index contributed by atoms with van der Waals surface area (Å²) in [5.41, 5.74) is 1.58. The summed E-state index contributed by atoms with van der Waals surface area (Å²) in [5.74, 6) is -0.275. The first-order valence-electron chi connectivity index (χ1n) is 7.37.